The molecule has 0 aliphatic carbocycles. The van der Waals surface area contributed by atoms with Crippen molar-refractivity contribution in [2.45, 2.75) is 32.9 Å². The molecule has 110 valence electrons. The first kappa shape index (κ1) is 14.7. The van der Waals surface area contributed by atoms with Crippen molar-refractivity contribution >= 4 is 17.0 Å². The van der Waals surface area contributed by atoms with Crippen LogP contribution in [-0.2, 0) is 6.54 Å². The van der Waals surface area contributed by atoms with Gasteiger partial charge in [0.15, 0.2) is 11.6 Å². The second kappa shape index (κ2) is 5.75. The van der Waals surface area contributed by atoms with Crippen LogP contribution in [0.4, 0.5) is 14.7 Å². The van der Waals surface area contributed by atoms with Crippen molar-refractivity contribution in [3.63, 3.8) is 0 Å². The van der Waals surface area contributed by atoms with Gasteiger partial charge in [-0.15, -0.1) is 0 Å². The third kappa shape index (κ3) is 2.60. The van der Waals surface area contributed by atoms with Crippen LogP contribution in [0, 0.1) is 11.6 Å². The molecule has 1 aromatic heterocycles. The van der Waals surface area contributed by atoms with E-state index < -0.39 is 11.6 Å². The van der Waals surface area contributed by atoms with Crippen LogP contribution in [0.1, 0.15) is 20.3 Å². The Morgan fingerprint density at radius 3 is 2.75 bits per heavy atom. The molecule has 1 unspecified atom stereocenters. The molecule has 0 saturated heterocycles. The maximum atomic E-state index is 13.9. The van der Waals surface area contributed by atoms with Gasteiger partial charge in [0.1, 0.15) is 5.52 Å². The maximum absolute atomic E-state index is 13.9. The number of fused-ring (bicyclic) bond motifs is 1. The van der Waals surface area contributed by atoms with Crippen molar-refractivity contribution in [2.24, 2.45) is 0 Å². The summed E-state index contributed by atoms with van der Waals surface area (Å²) in [4.78, 5) is 6.23. The predicted molar refractivity (Wildman–Crippen MR) is 76.4 cm³/mol. The molecule has 0 aliphatic heterocycles. The summed E-state index contributed by atoms with van der Waals surface area (Å²) in [6, 6.07) is 2.94. The lowest BCUT2D eigenvalue weighted by Crippen LogP contribution is -2.31. The van der Waals surface area contributed by atoms with Gasteiger partial charge in [0, 0.05) is 19.1 Å². The molecule has 2 rings (SSSR count). The third-order valence-electron chi connectivity index (χ3n) is 3.85. The second-order valence-electron chi connectivity index (χ2n) is 5.09. The van der Waals surface area contributed by atoms with Crippen LogP contribution < -0.4 is 5.73 Å². The molecule has 0 aliphatic rings. The highest BCUT2D eigenvalue weighted by Gasteiger charge is 2.16. The summed E-state index contributed by atoms with van der Waals surface area (Å²) in [6.07, 6.45) is 1.03. The highest BCUT2D eigenvalue weighted by molar-refractivity contribution is 5.79. The van der Waals surface area contributed by atoms with E-state index >= 15 is 0 Å². The molecule has 0 radical (unpaired) electrons. The summed E-state index contributed by atoms with van der Waals surface area (Å²) in [6.45, 7) is 5.40. The topological polar surface area (TPSA) is 47.1 Å². The molecular weight excluding hydrogens is 262 g/mol. The summed E-state index contributed by atoms with van der Waals surface area (Å²) >= 11 is 0. The Morgan fingerprint density at radius 2 is 2.10 bits per heavy atom. The Labute approximate surface area is 117 Å². The molecule has 4 nitrogen and oxygen atoms in total. The van der Waals surface area contributed by atoms with Crippen molar-refractivity contribution in [3.05, 3.63) is 23.8 Å². The molecule has 0 fully saturated rings. The number of nitrogen functional groups attached to an aromatic ring is 1. The SMILES string of the molecule is CCC(C)N(C)CCn1c(N)nc2ccc(F)c(F)c21. The Balaban J connectivity index is 2.30. The summed E-state index contributed by atoms with van der Waals surface area (Å²) in [7, 11) is 2.00. The first-order valence-electron chi connectivity index (χ1n) is 6.75. The van der Waals surface area contributed by atoms with E-state index in [0.717, 1.165) is 12.5 Å². The minimum atomic E-state index is -0.891. The third-order valence-corrected chi connectivity index (χ3v) is 3.85. The van der Waals surface area contributed by atoms with Gasteiger partial charge in [-0.05, 0) is 32.5 Å². The molecule has 1 atom stereocenters. The van der Waals surface area contributed by atoms with E-state index in [1.54, 1.807) is 0 Å². The minimum Gasteiger partial charge on any atom is -0.369 e. The number of imidazole rings is 1. The van der Waals surface area contributed by atoms with E-state index in [9.17, 15) is 8.78 Å². The highest BCUT2D eigenvalue weighted by atomic mass is 19.2. The van der Waals surface area contributed by atoms with Crippen LogP contribution in [0.15, 0.2) is 12.1 Å². The zero-order valence-electron chi connectivity index (χ0n) is 12.0. The lowest BCUT2D eigenvalue weighted by atomic mass is 10.2. The zero-order valence-corrected chi connectivity index (χ0v) is 12.0. The average Bonchev–Trinajstić information content (AvgIpc) is 2.76. The lowest BCUT2D eigenvalue weighted by molar-refractivity contribution is 0.243. The number of aromatic nitrogens is 2. The summed E-state index contributed by atoms with van der Waals surface area (Å²) < 4.78 is 28.8. The van der Waals surface area contributed by atoms with E-state index in [1.165, 1.54) is 10.6 Å². The normalized spacial score (nSPS) is 13.3. The van der Waals surface area contributed by atoms with Gasteiger partial charge in [-0.2, -0.15) is 0 Å². The molecular formula is C14H20F2N4. The van der Waals surface area contributed by atoms with Gasteiger partial charge in [0.2, 0.25) is 5.95 Å². The van der Waals surface area contributed by atoms with Crippen LogP contribution in [0.5, 0.6) is 0 Å². The van der Waals surface area contributed by atoms with Crippen LogP contribution in [0.3, 0.4) is 0 Å². The van der Waals surface area contributed by atoms with Crippen LogP contribution >= 0.6 is 0 Å². The van der Waals surface area contributed by atoms with Crippen LogP contribution in [0.25, 0.3) is 11.0 Å². The lowest BCUT2D eigenvalue weighted by Gasteiger charge is -2.23. The van der Waals surface area contributed by atoms with Gasteiger partial charge in [0.25, 0.3) is 0 Å². The standard InChI is InChI=1S/C14H20F2N4/c1-4-9(2)19(3)7-8-20-13-11(18-14(20)17)6-5-10(15)12(13)16/h5-6,9H,4,7-8H2,1-3H3,(H2,17,18). The number of hydrogen-bond acceptors (Lipinski definition) is 3. The van der Waals surface area contributed by atoms with E-state index in [-0.39, 0.29) is 11.5 Å². The van der Waals surface area contributed by atoms with Crippen LogP contribution in [0.2, 0.25) is 0 Å². The second-order valence-corrected chi connectivity index (χ2v) is 5.09. The smallest absolute Gasteiger partial charge is 0.201 e. The molecule has 20 heavy (non-hydrogen) atoms. The predicted octanol–water partition coefficient (Wildman–Crippen LogP) is 2.63. The van der Waals surface area contributed by atoms with Gasteiger partial charge >= 0.3 is 0 Å². The first-order valence-corrected chi connectivity index (χ1v) is 6.75. The molecule has 2 aromatic rings. The van der Waals surface area contributed by atoms with Gasteiger partial charge in [-0.3, -0.25) is 0 Å². The molecule has 6 heteroatoms. The molecule has 1 aromatic carbocycles. The molecule has 0 saturated carbocycles. The van der Waals surface area contributed by atoms with Gasteiger partial charge in [-0.1, -0.05) is 6.92 Å². The van der Waals surface area contributed by atoms with E-state index in [1.807, 2.05) is 7.05 Å². The number of nitrogens with zero attached hydrogens (tertiary/aromatic N) is 3. The minimum absolute atomic E-state index is 0.139. The number of rotatable bonds is 5. The highest BCUT2D eigenvalue weighted by Crippen LogP contribution is 2.23. The van der Waals surface area contributed by atoms with Crippen molar-refractivity contribution in [1.82, 2.24) is 14.5 Å². The molecule has 1 heterocycles. The molecule has 0 bridgehead atoms. The maximum Gasteiger partial charge on any atom is 0.201 e. The van der Waals surface area contributed by atoms with Crippen molar-refractivity contribution in [1.29, 1.82) is 0 Å². The largest absolute Gasteiger partial charge is 0.369 e. The Bertz CT molecular complexity index is 609. The van der Waals surface area contributed by atoms with Gasteiger partial charge in [-0.25, -0.2) is 13.8 Å². The van der Waals surface area contributed by atoms with Crippen molar-refractivity contribution in [2.75, 3.05) is 19.3 Å². The quantitative estimate of drug-likeness (QED) is 0.917. The number of halogens is 2. The number of likely N-dealkylation sites (N-methyl/N-ethyl adjacent to an activating group) is 1. The first-order chi connectivity index (χ1) is 9.45. The fourth-order valence-corrected chi connectivity index (χ4v) is 2.19. The number of anilines is 1. The Kier molecular flexibility index (Phi) is 4.23. The van der Waals surface area contributed by atoms with Gasteiger partial charge < -0.3 is 15.2 Å². The number of benzene rings is 1. The fraction of sp³-hybridized carbons (Fsp3) is 0.500. The summed E-state index contributed by atoms with van der Waals surface area (Å²) in [5.41, 5.74) is 6.33. The molecule has 0 spiro atoms. The zero-order chi connectivity index (χ0) is 14.9. The number of hydrogen-bond donors (Lipinski definition) is 1. The fourth-order valence-electron chi connectivity index (χ4n) is 2.19. The van der Waals surface area contributed by atoms with Crippen molar-refractivity contribution in [3.8, 4) is 0 Å². The van der Waals surface area contributed by atoms with E-state index in [4.69, 9.17) is 5.73 Å². The van der Waals surface area contributed by atoms with Crippen molar-refractivity contribution < 1.29 is 8.78 Å². The van der Waals surface area contributed by atoms with Gasteiger partial charge in [0.05, 0.1) is 5.52 Å². The summed E-state index contributed by atoms with van der Waals surface area (Å²) in [5.74, 6) is -1.56. The van der Waals surface area contributed by atoms with Crippen LogP contribution in [-0.4, -0.2) is 34.1 Å². The number of nitrogens with two attached hydrogens (primary N) is 1. The molecule has 0 amide bonds. The Hall–Kier alpha value is -1.69. The van der Waals surface area contributed by atoms with E-state index in [0.29, 0.717) is 24.6 Å². The van der Waals surface area contributed by atoms with E-state index in [2.05, 4.69) is 23.7 Å². The Morgan fingerprint density at radius 1 is 1.40 bits per heavy atom. The average molecular weight is 282 g/mol. The molecule has 2 N–H and O–H groups in total. The monoisotopic (exact) mass is 282 g/mol. The summed E-state index contributed by atoms with van der Waals surface area (Å²) in [5, 5.41) is 0.